The Balaban J connectivity index is 2.48. The van der Waals surface area contributed by atoms with E-state index in [-0.39, 0.29) is 11.8 Å². The molecule has 1 fully saturated rings. The van der Waals surface area contributed by atoms with Crippen LogP contribution in [0.25, 0.3) is 0 Å². The lowest BCUT2D eigenvalue weighted by Crippen LogP contribution is -2.47. The zero-order chi connectivity index (χ0) is 14.3. The van der Waals surface area contributed by atoms with Crippen molar-refractivity contribution in [2.45, 2.75) is 44.7 Å². The molecule has 0 saturated heterocycles. The molecular formula is C16H26N2O. The molecule has 1 saturated carbocycles. The van der Waals surface area contributed by atoms with E-state index in [2.05, 4.69) is 18.5 Å². The molecule has 0 bridgehead atoms. The molecule has 4 N–H and O–H groups in total. The predicted octanol–water partition coefficient (Wildman–Crippen LogP) is 2.98. The highest BCUT2D eigenvalue weighted by Crippen LogP contribution is 2.17. The first-order valence-electron chi connectivity index (χ1n) is 6.91. The number of aliphatic hydroxyl groups excluding tert-OH is 1. The van der Waals surface area contributed by atoms with Crippen LogP contribution in [0.4, 0.5) is 0 Å². The Labute approximate surface area is 116 Å². The summed E-state index contributed by atoms with van der Waals surface area (Å²) in [5.41, 5.74) is 7.92. The molecular weight excluding hydrogens is 236 g/mol. The van der Waals surface area contributed by atoms with Crippen molar-refractivity contribution in [1.29, 1.82) is 0 Å². The molecule has 0 aromatic heterocycles. The number of nitrogens with one attached hydrogen (secondary N) is 1. The predicted molar refractivity (Wildman–Crippen MR) is 82.0 cm³/mol. The Morgan fingerprint density at radius 1 is 1.37 bits per heavy atom. The summed E-state index contributed by atoms with van der Waals surface area (Å²) in [5, 5.41) is 12.7. The lowest BCUT2D eigenvalue weighted by atomic mass is 9.91. The maximum atomic E-state index is 9.25. The second kappa shape index (κ2) is 7.97. The molecule has 1 rings (SSSR count). The van der Waals surface area contributed by atoms with Crippen LogP contribution in [-0.2, 0) is 0 Å². The molecule has 0 radical (unpaired) electrons. The van der Waals surface area contributed by atoms with E-state index in [1.54, 1.807) is 19.1 Å². The molecule has 2 atom stereocenters. The van der Waals surface area contributed by atoms with E-state index < -0.39 is 0 Å². The Hall–Kier alpha value is -1.32. The van der Waals surface area contributed by atoms with Crippen LogP contribution >= 0.6 is 0 Å². The van der Waals surface area contributed by atoms with Crippen molar-refractivity contribution in [3.63, 3.8) is 0 Å². The maximum absolute atomic E-state index is 9.25. The van der Waals surface area contributed by atoms with Crippen molar-refractivity contribution in [3.8, 4) is 0 Å². The summed E-state index contributed by atoms with van der Waals surface area (Å²) < 4.78 is 0. The van der Waals surface area contributed by atoms with Gasteiger partial charge in [-0.2, -0.15) is 0 Å². The van der Waals surface area contributed by atoms with Gasteiger partial charge in [0.2, 0.25) is 0 Å². The lowest BCUT2D eigenvalue weighted by Gasteiger charge is -2.29. The van der Waals surface area contributed by atoms with Crippen LogP contribution in [0, 0.1) is 0 Å². The standard InChI is InChI=1S/C16H26N2O/c1-4-14(10-13(3)19)9-12(2)11-18-16-8-6-5-7-15(16)17/h4,9-10,15-16,18-19H,1-2,5-8,11,17H2,3H3/b13-10-,14-9-. The highest BCUT2D eigenvalue weighted by Gasteiger charge is 2.20. The zero-order valence-corrected chi connectivity index (χ0v) is 11.9. The molecule has 0 amide bonds. The minimum atomic E-state index is 0.254. The third kappa shape index (κ3) is 5.90. The topological polar surface area (TPSA) is 58.3 Å². The molecule has 0 aromatic rings. The van der Waals surface area contributed by atoms with E-state index in [1.165, 1.54) is 12.8 Å². The van der Waals surface area contributed by atoms with Gasteiger partial charge in [0.15, 0.2) is 0 Å². The lowest BCUT2D eigenvalue weighted by molar-refractivity contribution is 0.335. The second-order valence-electron chi connectivity index (χ2n) is 5.23. The average Bonchev–Trinajstić information content (AvgIpc) is 2.36. The molecule has 2 unspecified atom stereocenters. The fourth-order valence-corrected chi connectivity index (χ4v) is 2.36. The summed E-state index contributed by atoms with van der Waals surface area (Å²) in [6.07, 6.45) is 10.0. The van der Waals surface area contributed by atoms with Crippen molar-refractivity contribution >= 4 is 0 Å². The first-order valence-corrected chi connectivity index (χ1v) is 6.91. The van der Waals surface area contributed by atoms with Gasteiger partial charge in [-0.15, -0.1) is 0 Å². The number of nitrogens with two attached hydrogens (primary N) is 1. The second-order valence-corrected chi connectivity index (χ2v) is 5.23. The molecule has 0 heterocycles. The van der Waals surface area contributed by atoms with Crippen molar-refractivity contribution in [1.82, 2.24) is 5.32 Å². The normalized spacial score (nSPS) is 25.2. The van der Waals surface area contributed by atoms with Gasteiger partial charge in [-0.3, -0.25) is 0 Å². The fourth-order valence-electron chi connectivity index (χ4n) is 2.36. The number of rotatable bonds is 6. The summed E-state index contributed by atoms with van der Waals surface area (Å²) in [7, 11) is 0. The van der Waals surface area contributed by atoms with Gasteiger partial charge < -0.3 is 16.2 Å². The molecule has 3 heteroatoms. The Kier molecular flexibility index (Phi) is 6.60. The van der Waals surface area contributed by atoms with Gasteiger partial charge in [0.25, 0.3) is 0 Å². The number of hydrogen-bond donors (Lipinski definition) is 3. The van der Waals surface area contributed by atoms with Gasteiger partial charge in [0.1, 0.15) is 0 Å². The molecule has 3 nitrogen and oxygen atoms in total. The first-order chi connectivity index (χ1) is 9.02. The van der Waals surface area contributed by atoms with E-state index in [0.717, 1.165) is 24.0 Å². The third-order valence-electron chi connectivity index (χ3n) is 3.39. The molecule has 1 aliphatic carbocycles. The van der Waals surface area contributed by atoms with Crippen LogP contribution in [0.15, 0.2) is 48.3 Å². The van der Waals surface area contributed by atoms with Crippen LogP contribution in [0.2, 0.25) is 0 Å². The number of hydrogen-bond acceptors (Lipinski definition) is 3. The van der Waals surface area contributed by atoms with Gasteiger partial charge >= 0.3 is 0 Å². The number of allylic oxidation sites excluding steroid dienone is 4. The molecule has 1 aliphatic rings. The quantitative estimate of drug-likeness (QED) is 0.509. The summed E-state index contributed by atoms with van der Waals surface area (Å²) in [6, 6.07) is 0.644. The van der Waals surface area contributed by atoms with Crippen LogP contribution in [0.5, 0.6) is 0 Å². The highest BCUT2D eigenvalue weighted by atomic mass is 16.3. The monoisotopic (exact) mass is 262 g/mol. The Morgan fingerprint density at radius 2 is 2.05 bits per heavy atom. The van der Waals surface area contributed by atoms with Gasteiger partial charge in [0, 0.05) is 18.6 Å². The zero-order valence-electron chi connectivity index (χ0n) is 11.9. The minimum absolute atomic E-state index is 0.254. The van der Waals surface area contributed by atoms with E-state index in [0.29, 0.717) is 12.6 Å². The summed E-state index contributed by atoms with van der Waals surface area (Å²) in [5.74, 6) is 0.265. The average molecular weight is 262 g/mol. The first kappa shape index (κ1) is 15.7. The van der Waals surface area contributed by atoms with Gasteiger partial charge in [-0.05, 0) is 37.0 Å². The van der Waals surface area contributed by atoms with Gasteiger partial charge in [-0.25, -0.2) is 0 Å². The Morgan fingerprint density at radius 3 is 2.63 bits per heavy atom. The summed E-state index contributed by atoms with van der Waals surface area (Å²) >= 11 is 0. The summed E-state index contributed by atoms with van der Waals surface area (Å²) in [6.45, 7) is 10.1. The minimum Gasteiger partial charge on any atom is -0.513 e. The van der Waals surface area contributed by atoms with E-state index >= 15 is 0 Å². The van der Waals surface area contributed by atoms with Crippen molar-refractivity contribution in [2.24, 2.45) is 5.73 Å². The smallest absolute Gasteiger partial charge is 0.0897 e. The van der Waals surface area contributed by atoms with Gasteiger partial charge in [-0.1, -0.05) is 38.2 Å². The molecule has 0 spiro atoms. The number of aliphatic hydroxyl groups is 1. The SMILES string of the molecule is C=CC(/C=C(/C)O)=C/C(=C)CNC1CCCCC1N. The molecule has 0 aromatic carbocycles. The maximum Gasteiger partial charge on any atom is 0.0897 e. The highest BCUT2D eigenvalue weighted by molar-refractivity contribution is 5.36. The molecule has 19 heavy (non-hydrogen) atoms. The van der Waals surface area contributed by atoms with Crippen LogP contribution in [0.3, 0.4) is 0 Å². The van der Waals surface area contributed by atoms with E-state index in [4.69, 9.17) is 5.73 Å². The largest absolute Gasteiger partial charge is 0.513 e. The summed E-state index contributed by atoms with van der Waals surface area (Å²) in [4.78, 5) is 0. The van der Waals surface area contributed by atoms with Crippen molar-refractivity contribution in [2.75, 3.05) is 6.54 Å². The van der Waals surface area contributed by atoms with E-state index in [9.17, 15) is 5.11 Å². The molecule has 0 aliphatic heterocycles. The third-order valence-corrected chi connectivity index (χ3v) is 3.39. The fraction of sp³-hybridized carbons (Fsp3) is 0.500. The van der Waals surface area contributed by atoms with Gasteiger partial charge in [0.05, 0.1) is 5.76 Å². The van der Waals surface area contributed by atoms with E-state index in [1.807, 2.05) is 6.08 Å². The Bertz CT molecular complexity index is 378. The van der Waals surface area contributed by atoms with Crippen LogP contribution in [0.1, 0.15) is 32.6 Å². The van der Waals surface area contributed by atoms with Crippen molar-refractivity contribution < 1.29 is 5.11 Å². The molecule has 106 valence electrons. The van der Waals surface area contributed by atoms with Crippen LogP contribution in [-0.4, -0.2) is 23.7 Å². The van der Waals surface area contributed by atoms with Crippen molar-refractivity contribution in [3.05, 3.63) is 48.3 Å². The van der Waals surface area contributed by atoms with Crippen LogP contribution < -0.4 is 11.1 Å².